The lowest BCUT2D eigenvalue weighted by atomic mass is 9.98. The number of carbonyl (C=O) groups is 2. The summed E-state index contributed by atoms with van der Waals surface area (Å²) in [5.41, 5.74) is 5.19. The van der Waals surface area contributed by atoms with Crippen LogP contribution in [0.25, 0.3) is 27.8 Å². The maximum Gasteiger partial charge on any atom is 0.259 e. The van der Waals surface area contributed by atoms with Crippen LogP contribution in [0.2, 0.25) is 0 Å². The number of nitrogens with one attached hydrogen (secondary N) is 1. The molecule has 0 aliphatic carbocycles. The molecule has 0 bridgehead atoms. The molecule has 1 aromatic heterocycles. The third-order valence-corrected chi connectivity index (χ3v) is 4.88. The van der Waals surface area contributed by atoms with Crippen molar-refractivity contribution in [3.8, 4) is 16.9 Å². The first kappa shape index (κ1) is 15.5. The maximum atomic E-state index is 12.5. The summed E-state index contributed by atoms with van der Waals surface area (Å²) in [4.78, 5) is 24.6. The molecule has 0 atom stereocenters. The molecule has 27 heavy (non-hydrogen) atoms. The summed E-state index contributed by atoms with van der Waals surface area (Å²) in [6, 6.07) is 21.2. The van der Waals surface area contributed by atoms with Crippen molar-refractivity contribution in [2.45, 2.75) is 6.92 Å². The van der Waals surface area contributed by atoms with Crippen LogP contribution in [0, 0.1) is 6.92 Å². The lowest BCUT2D eigenvalue weighted by Crippen LogP contribution is -2.20. The average molecular weight is 353 g/mol. The number of rotatable bonds is 2. The summed E-state index contributed by atoms with van der Waals surface area (Å²) in [5.74, 6) is -0.728. The van der Waals surface area contributed by atoms with Crippen molar-refractivity contribution in [2.75, 3.05) is 0 Å². The first-order chi connectivity index (χ1) is 13.1. The van der Waals surface area contributed by atoms with Gasteiger partial charge in [-0.2, -0.15) is 5.10 Å². The fourth-order valence-electron chi connectivity index (χ4n) is 3.58. The van der Waals surface area contributed by atoms with Gasteiger partial charge in [0, 0.05) is 10.9 Å². The second-order valence-corrected chi connectivity index (χ2v) is 6.62. The van der Waals surface area contributed by atoms with Crippen LogP contribution in [0.15, 0.2) is 66.7 Å². The Labute approximate surface area is 155 Å². The van der Waals surface area contributed by atoms with Crippen LogP contribution in [0.5, 0.6) is 0 Å². The van der Waals surface area contributed by atoms with Gasteiger partial charge in [-0.3, -0.25) is 14.9 Å². The summed E-state index contributed by atoms with van der Waals surface area (Å²) < 4.78 is 1.84. The van der Waals surface area contributed by atoms with E-state index in [1.165, 1.54) is 0 Å². The van der Waals surface area contributed by atoms with E-state index >= 15 is 0 Å². The van der Waals surface area contributed by atoms with Crippen molar-refractivity contribution in [3.63, 3.8) is 0 Å². The molecule has 2 heterocycles. The van der Waals surface area contributed by atoms with Gasteiger partial charge in [0.05, 0.1) is 28.0 Å². The minimum Gasteiger partial charge on any atom is -0.288 e. The van der Waals surface area contributed by atoms with Crippen LogP contribution in [-0.2, 0) is 0 Å². The van der Waals surface area contributed by atoms with Gasteiger partial charge in [-0.15, -0.1) is 0 Å². The molecule has 0 spiro atoms. The molecule has 1 N–H and O–H groups in total. The predicted molar refractivity (Wildman–Crippen MR) is 103 cm³/mol. The van der Waals surface area contributed by atoms with Gasteiger partial charge in [0.15, 0.2) is 0 Å². The van der Waals surface area contributed by atoms with Crippen LogP contribution in [0.1, 0.15) is 26.3 Å². The monoisotopic (exact) mass is 353 g/mol. The zero-order valence-electron chi connectivity index (χ0n) is 14.6. The van der Waals surface area contributed by atoms with Gasteiger partial charge in [0.2, 0.25) is 0 Å². The molecule has 0 fully saturated rings. The number of aromatic nitrogens is 2. The van der Waals surface area contributed by atoms with E-state index in [1.807, 2.05) is 66.2 Å². The normalized spacial score (nSPS) is 13.1. The highest BCUT2D eigenvalue weighted by molar-refractivity contribution is 6.24. The number of amides is 2. The minimum absolute atomic E-state index is 0.359. The third kappa shape index (κ3) is 2.29. The molecule has 0 saturated heterocycles. The highest BCUT2D eigenvalue weighted by atomic mass is 16.2. The molecular weight excluding hydrogens is 338 g/mol. The zero-order chi connectivity index (χ0) is 18.5. The van der Waals surface area contributed by atoms with Crippen LogP contribution in [0.4, 0.5) is 0 Å². The topological polar surface area (TPSA) is 64.0 Å². The molecule has 5 heteroatoms. The smallest absolute Gasteiger partial charge is 0.259 e. The van der Waals surface area contributed by atoms with E-state index in [2.05, 4.69) is 5.32 Å². The number of hydrogen-bond acceptors (Lipinski definition) is 3. The van der Waals surface area contributed by atoms with Gasteiger partial charge in [0.25, 0.3) is 11.8 Å². The fourth-order valence-corrected chi connectivity index (χ4v) is 3.58. The maximum absolute atomic E-state index is 12.5. The Morgan fingerprint density at radius 1 is 0.815 bits per heavy atom. The lowest BCUT2D eigenvalue weighted by molar-refractivity contribution is 0.0880. The zero-order valence-corrected chi connectivity index (χ0v) is 14.6. The van der Waals surface area contributed by atoms with Gasteiger partial charge < -0.3 is 0 Å². The molecule has 130 valence electrons. The van der Waals surface area contributed by atoms with Crippen LogP contribution < -0.4 is 5.32 Å². The number of imide groups is 1. The highest BCUT2D eigenvalue weighted by Crippen LogP contribution is 2.35. The van der Waals surface area contributed by atoms with Gasteiger partial charge in [0.1, 0.15) is 0 Å². The minimum atomic E-state index is -0.369. The SMILES string of the molecule is Cc1ccc(-n2nc3ccccc3c2-c2cccc3c2C(=O)NC3=O)cc1. The number of nitrogens with zero attached hydrogens (tertiary/aromatic N) is 2. The van der Waals surface area contributed by atoms with E-state index in [9.17, 15) is 9.59 Å². The van der Waals surface area contributed by atoms with Crippen molar-refractivity contribution < 1.29 is 9.59 Å². The molecule has 3 aromatic carbocycles. The van der Waals surface area contributed by atoms with E-state index in [1.54, 1.807) is 12.1 Å². The Kier molecular flexibility index (Phi) is 3.24. The Morgan fingerprint density at radius 3 is 2.37 bits per heavy atom. The van der Waals surface area contributed by atoms with E-state index in [0.29, 0.717) is 16.7 Å². The fraction of sp³-hybridized carbons (Fsp3) is 0.0455. The number of benzene rings is 3. The first-order valence-corrected chi connectivity index (χ1v) is 8.67. The van der Waals surface area contributed by atoms with Crippen LogP contribution >= 0.6 is 0 Å². The number of aryl methyl sites for hydroxylation is 1. The van der Waals surface area contributed by atoms with Crippen LogP contribution in [-0.4, -0.2) is 21.6 Å². The standard InChI is InChI=1S/C22H15N3O2/c1-13-9-11-14(12-10-13)25-20(15-5-2-3-8-18(15)24-25)16-6-4-7-17-19(16)22(27)23-21(17)26/h2-12H,1H3,(H,23,26,27). The van der Waals surface area contributed by atoms with Gasteiger partial charge in [-0.05, 0) is 31.2 Å². The van der Waals surface area contributed by atoms with E-state index < -0.39 is 0 Å². The summed E-state index contributed by atoms with van der Waals surface area (Å²) in [6.07, 6.45) is 0. The molecular formula is C22H15N3O2. The Hall–Kier alpha value is -3.73. The van der Waals surface area contributed by atoms with Gasteiger partial charge in [-0.1, -0.05) is 48.0 Å². The quantitative estimate of drug-likeness (QED) is 0.556. The number of fused-ring (bicyclic) bond motifs is 2. The van der Waals surface area contributed by atoms with E-state index in [0.717, 1.165) is 27.8 Å². The predicted octanol–water partition coefficient (Wildman–Crippen LogP) is 3.88. The number of carbonyl (C=O) groups excluding carboxylic acids is 2. The molecule has 5 rings (SSSR count). The van der Waals surface area contributed by atoms with Crippen molar-refractivity contribution >= 4 is 22.7 Å². The Bertz CT molecular complexity index is 1240. The number of hydrogen-bond donors (Lipinski definition) is 1. The second-order valence-electron chi connectivity index (χ2n) is 6.62. The third-order valence-electron chi connectivity index (χ3n) is 4.88. The lowest BCUT2D eigenvalue weighted by Gasteiger charge is -2.11. The van der Waals surface area contributed by atoms with Gasteiger partial charge >= 0.3 is 0 Å². The summed E-state index contributed by atoms with van der Waals surface area (Å²) in [5, 5.41) is 8.08. The first-order valence-electron chi connectivity index (χ1n) is 8.67. The molecule has 0 saturated carbocycles. The van der Waals surface area contributed by atoms with Crippen molar-refractivity contribution in [3.05, 3.63) is 83.4 Å². The molecule has 4 aromatic rings. The van der Waals surface area contributed by atoms with Crippen LogP contribution in [0.3, 0.4) is 0 Å². The molecule has 1 aliphatic heterocycles. The van der Waals surface area contributed by atoms with Crippen molar-refractivity contribution in [1.29, 1.82) is 0 Å². The molecule has 2 amide bonds. The summed E-state index contributed by atoms with van der Waals surface area (Å²) in [6.45, 7) is 2.03. The molecule has 5 nitrogen and oxygen atoms in total. The largest absolute Gasteiger partial charge is 0.288 e. The second kappa shape index (κ2) is 5.64. The molecule has 0 unspecified atom stereocenters. The average Bonchev–Trinajstić information content (AvgIpc) is 3.20. The molecule has 0 radical (unpaired) electrons. The Morgan fingerprint density at radius 2 is 1.56 bits per heavy atom. The van der Waals surface area contributed by atoms with Crippen molar-refractivity contribution in [2.24, 2.45) is 0 Å². The summed E-state index contributed by atoms with van der Waals surface area (Å²) in [7, 11) is 0. The van der Waals surface area contributed by atoms with Gasteiger partial charge in [-0.25, -0.2) is 4.68 Å². The van der Waals surface area contributed by atoms with E-state index in [4.69, 9.17) is 5.10 Å². The highest BCUT2D eigenvalue weighted by Gasteiger charge is 2.31. The summed E-state index contributed by atoms with van der Waals surface area (Å²) >= 11 is 0. The van der Waals surface area contributed by atoms with E-state index in [-0.39, 0.29) is 11.8 Å². The Balaban J connectivity index is 1.87. The van der Waals surface area contributed by atoms with Crippen molar-refractivity contribution in [1.82, 2.24) is 15.1 Å². The molecule has 1 aliphatic rings.